The van der Waals surface area contributed by atoms with Gasteiger partial charge in [0.1, 0.15) is 11.6 Å². The van der Waals surface area contributed by atoms with E-state index < -0.39 is 33.6 Å². The minimum Gasteiger partial charge on any atom is -0.383 e. The highest BCUT2D eigenvalue weighted by Gasteiger charge is 2.35. The van der Waals surface area contributed by atoms with Gasteiger partial charge in [-0.15, -0.1) is 3.89 Å². The van der Waals surface area contributed by atoms with Crippen LogP contribution in [0.3, 0.4) is 0 Å². The molecule has 7 nitrogen and oxygen atoms in total. The number of rotatable bonds is 3. The second-order valence-electron chi connectivity index (χ2n) is 5.32. The molecule has 1 atom stereocenters. The third-order valence-electron chi connectivity index (χ3n) is 3.57. The normalized spacial score (nSPS) is 18.8. The molecule has 0 aliphatic carbocycles. The number of halogens is 2. The molecule has 122 valence electrons. The lowest BCUT2D eigenvalue weighted by molar-refractivity contribution is -0.117. The van der Waals surface area contributed by atoms with E-state index in [1.165, 1.54) is 18.2 Å². The second kappa shape index (κ2) is 5.37. The number of nitrogens with two attached hydrogens (primary N) is 1. The van der Waals surface area contributed by atoms with E-state index in [-0.39, 0.29) is 35.6 Å². The molecule has 2 heterocycles. The van der Waals surface area contributed by atoms with Crippen molar-refractivity contribution in [3.8, 4) is 0 Å². The number of benzene rings is 1. The summed E-state index contributed by atoms with van der Waals surface area (Å²) in [6.45, 7) is -0.0394. The topological polar surface area (TPSA) is 106 Å². The minimum absolute atomic E-state index is 0.0394. The zero-order chi connectivity index (χ0) is 16.8. The second-order valence-corrected chi connectivity index (χ2v) is 6.73. The van der Waals surface area contributed by atoms with Gasteiger partial charge in [0.25, 0.3) is 0 Å². The summed E-state index contributed by atoms with van der Waals surface area (Å²) in [4.78, 5) is 21.1. The number of amides is 1. The minimum atomic E-state index is -4.68. The highest BCUT2D eigenvalue weighted by atomic mass is 32.3. The van der Waals surface area contributed by atoms with Gasteiger partial charge in [0.2, 0.25) is 11.9 Å². The molecule has 0 bridgehead atoms. The molecule has 2 aromatic rings. The van der Waals surface area contributed by atoms with E-state index in [2.05, 4.69) is 9.97 Å². The standard InChI is InChI=1S/C13H12F2N4O3S/c14-8-2-1-3-9-11(8)12(16)18-13(17-9)19-5-7(4-10(19)20)6-23(15,21)22/h1-3,7H,4-6H2,(H2,16,17,18). The van der Waals surface area contributed by atoms with Gasteiger partial charge in [-0.3, -0.25) is 9.69 Å². The van der Waals surface area contributed by atoms with Crippen LogP contribution in [0.4, 0.5) is 20.0 Å². The molecule has 1 aromatic heterocycles. The lowest BCUT2D eigenvalue weighted by atomic mass is 10.1. The molecule has 0 spiro atoms. The Morgan fingerprint density at radius 2 is 2.09 bits per heavy atom. The molecular weight excluding hydrogens is 330 g/mol. The molecule has 0 radical (unpaired) electrons. The van der Waals surface area contributed by atoms with Crippen LogP contribution in [0.5, 0.6) is 0 Å². The van der Waals surface area contributed by atoms with Crippen LogP contribution in [0.2, 0.25) is 0 Å². The Morgan fingerprint density at radius 3 is 2.78 bits per heavy atom. The number of aromatic nitrogens is 2. The molecule has 23 heavy (non-hydrogen) atoms. The van der Waals surface area contributed by atoms with E-state index in [1.54, 1.807) is 0 Å². The Kier molecular flexibility index (Phi) is 3.63. The maximum Gasteiger partial charge on any atom is 0.302 e. The first-order valence-electron chi connectivity index (χ1n) is 6.69. The molecule has 1 amide bonds. The van der Waals surface area contributed by atoms with Crippen LogP contribution in [-0.2, 0) is 15.0 Å². The maximum atomic E-state index is 13.7. The molecule has 10 heteroatoms. The average molecular weight is 342 g/mol. The molecular formula is C13H12F2N4O3S. The van der Waals surface area contributed by atoms with Crippen LogP contribution >= 0.6 is 0 Å². The monoisotopic (exact) mass is 342 g/mol. The number of carbonyl (C=O) groups is 1. The van der Waals surface area contributed by atoms with Crippen LogP contribution < -0.4 is 10.6 Å². The third-order valence-corrected chi connectivity index (χ3v) is 4.44. The lowest BCUT2D eigenvalue weighted by Gasteiger charge is -2.15. The summed E-state index contributed by atoms with van der Waals surface area (Å²) >= 11 is 0. The fourth-order valence-corrected chi connectivity index (χ4v) is 3.43. The van der Waals surface area contributed by atoms with E-state index in [4.69, 9.17) is 5.73 Å². The van der Waals surface area contributed by atoms with Gasteiger partial charge in [-0.1, -0.05) is 6.07 Å². The van der Waals surface area contributed by atoms with Gasteiger partial charge in [-0.2, -0.15) is 13.4 Å². The average Bonchev–Trinajstić information content (AvgIpc) is 2.76. The van der Waals surface area contributed by atoms with E-state index in [9.17, 15) is 21.5 Å². The number of nitrogens with zero attached hydrogens (tertiary/aromatic N) is 3. The van der Waals surface area contributed by atoms with Gasteiger partial charge in [0.15, 0.2) is 0 Å². The molecule has 1 aromatic carbocycles. The van der Waals surface area contributed by atoms with Crippen molar-refractivity contribution in [2.75, 3.05) is 22.9 Å². The molecule has 2 N–H and O–H groups in total. The van der Waals surface area contributed by atoms with Gasteiger partial charge in [-0.05, 0) is 12.1 Å². The lowest BCUT2D eigenvalue weighted by Crippen LogP contribution is -2.27. The molecule has 1 aliphatic rings. The van der Waals surface area contributed by atoms with Crippen molar-refractivity contribution in [2.45, 2.75) is 6.42 Å². The quantitative estimate of drug-likeness (QED) is 0.834. The number of anilines is 2. The van der Waals surface area contributed by atoms with Crippen molar-refractivity contribution in [1.29, 1.82) is 0 Å². The number of hydrogen-bond acceptors (Lipinski definition) is 6. The van der Waals surface area contributed by atoms with Crippen LogP contribution in [0, 0.1) is 11.7 Å². The van der Waals surface area contributed by atoms with Crippen LogP contribution in [0.1, 0.15) is 6.42 Å². The van der Waals surface area contributed by atoms with Crippen molar-refractivity contribution < 1.29 is 21.5 Å². The Morgan fingerprint density at radius 1 is 1.35 bits per heavy atom. The number of carbonyl (C=O) groups excluding carboxylic acids is 1. The molecule has 0 saturated carbocycles. The van der Waals surface area contributed by atoms with Crippen molar-refractivity contribution in [3.05, 3.63) is 24.0 Å². The number of nitrogen functional groups attached to an aromatic ring is 1. The summed E-state index contributed by atoms with van der Waals surface area (Å²) in [5.41, 5.74) is 5.95. The Balaban J connectivity index is 1.96. The largest absolute Gasteiger partial charge is 0.383 e. The summed E-state index contributed by atoms with van der Waals surface area (Å²) < 4.78 is 47.9. The first kappa shape index (κ1) is 15.5. The molecule has 1 saturated heterocycles. The summed E-state index contributed by atoms with van der Waals surface area (Å²) in [5, 5.41) is 0.0470. The van der Waals surface area contributed by atoms with Crippen molar-refractivity contribution >= 4 is 38.8 Å². The number of hydrogen-bond donors (Lipinski definition) is 1. The highest BCUT2D eigenvalue weighted by Crippen LogP contribution is 2.28. The van der Waals surface area contributed by atoms with Gasteiger partial charge in [-0.25, -0.2) is 9.37 Å². The Labute approximate surface area is 130 Å². The Hall–Kier alpha value is -2.36. The number of fused-ring (bicyclic) bond motifs is 1. The van der Waals surface area contributed by atoms with Crippen molar-refractivity contribution in [2.24, 2.45) is 5.92 Å². The molecule has 1 unspecified atom stereocenters. The van der Waals surface area contributed by atoms with E-state index in [0.717, 1.165) is 4.90 Å². The fraction of sp³-hybridized carbons (Fsp3) is 0.308. The first-order chi connectivity index (χ1) is 10.7. The molecule has 1 aliphatic heterocycles. The summed E-state index contributed by atoms with van der Waals surface area (Å²) in [7, 11) is -4.68. The van der Waals surface area contributed by atoms with Gasteiger partial charge in [0.05, 0.1) is 16.7 Å². The van der Waals surface area contributed by atoms with Gasteiger partial charge in [0, 0.05) is 18.9 Å². The predicted molar refractivity (Wildman–Crippen MR) is 79.3 cm³/mol. The van der Waals surface area contributed by atoms with Crippen LogP contribution in [-0.4, -0.2) is 36.6 Å². The smallest absolute Gasteiger partial charge is 0.302 e. The van der Waals surface area contributed by atoms with Crippen molar-refractivity contribution in [1.82, 2.24) is 9.97 Å². The van der Waals surface area contributed by atoms with Gasteiger partial charge >= 0.3 is 10.2 Å². The third kappa shape index (κ3) is 3.07. The summed E-state index contributed by atoms with van der Waals surface area (Å²) in [6.07, 6.45) is -0.131. The SMILES string of the molecule is Nc1nc(N2CC(CS(=O)(=O)F)CC2=O)nc2cccc(F)c12. The maximum absolute atomic E-state index is 13.7. The van der Waals surface area contributed by atoms with Gasteiger partial charge < -0.3 is 5.73 Å². The van der Waals surface area contributed by atoms with E-state index in [1.807, 2.05) is 0 Å². The summed E-state index contributed by atoms with van der Waals surface area (Å²) in [6, 6.07) is 4.17. The van der Waals surface area contributed by atoms with E-state index >= 15 is 0 Å². The highest BCUT2D eigenvalue weighted by molar-refractivity contribution is 7.86. The Bertz CT molecular complexity index is 903. The fourth-order valence-electron chi connectivity index (χ4n) is 2.64. The first-order valence-corrected chi connectivity index (χ1v) is 8.24. The summed E-state index contributed by atoms with van der Waals surface area (Å²) in [5.74, 6) is -2.63. The zero-order valence-corrected chi connectivity index (χ0v) is 12.6. The molecule has 3 rings (SSSR count). The molecule has 1 fully saturated rings. The zero-order valence-electron chi connectivity index (χ0n) is 11.7. The van der Waals surface area contributed by atoms with Crippen molar-refractivity contribution in [3.63, 3.8) is 0 Å². The van der Waals surface area contributed by atoms with Crippen LogP contribution in [0.15, 0.2) is 18.2 Å². The van der Waals surface area contributed by atoms with E-state index in [0.29, 0.717) is 0 Å². The van der Waals surface area contributed by atoms with Crippen LogP contribution in [0.25, 0.3) is 10.9 Å². The predicted octanol–water partition coefficient (Wildman–Crippen LogP) is 1.00.